The third-order valence-corrected chi connectivity index (χ3v) is 7.72. The van der Waals surface area contributed by atoms with E-state index >= 15 is 0 Å². The van der Waals surface area contributed by atoms with Gasteiger partial charge in [0.15, 0.2) is 0 Å². The summed E-state index contributed by atoms with van der Waals surface area (Å²) in [6, 6.07) is 21.4. The predicted molar refractivity (Wildman–Crippen MR) is 129 cm³/mol. The second kappa shape index (κ2) is 9.28. The zero-order valence-electron chi connectivity index (χ0n) is 19.4. The minimum Gasteiger partial charge on any atom is -0.489 e. The predicted octanol–water partition coefficient (Wildman–Crippen LogP) is 5.26. The van der Waals surface area contributed by atoms with Gasteiger partial charge in [-0.05, 0) is 79.3 Å². The second-order valence-electron chi connectivity index (χ2n) is 9.88. The lowest BCUT2D eigenvalue weighted by atomic mass is 9.52. The van der Waals surface area contributed by atoms with Crippen molar-refractivity contribution in [2.75, 3.05) is 13.7 Å². The highest BCUT2D eigenvalue weighted by Crippen LogP contribution is 2.54. The van der Waals surface area contributed by atoms with Gasteiger partial charge in [0.1, 0.15) is 12.4 Å². The van der Waals surface area contributed by atoms with Crippen LogP contribution in [0.5, 0.6) is 5.75 Å². The molecule has 0 spiro atoms. The Morgan fingerprint density at radius 2 is 1.88 bits per heavy atom. The van der Waals surface area contributed by atoms with Crippen molar-refractivity contribution in [1.82, 2.24) is 4.98 Å². The molecule has 2 aliphatic carbocycles. The Kier molecular flexibility index (Phi) is 6.22. The molecule has 0 aliphatic heterocycles. The first-order valence-corrected chi connectivity index (χ1v) is 12.0. The van der Waals surface area contributed by atoms with Gasteiger partial charge < -0.3 is 14.6 Å². The van der Waals surface area contributed by atoms with Crippen LogP contribution < -0.4 is 4.74 Å². The van der Waals surface area contributed by atoms with Crippen LogP contribution in [-0.2, 0) is 29.6 Å². The molecule has 3 atom stereocenters. The molecule has 172 valence electrons. The van der Waals surface area contributed by atoms with E-state index in [1.165, 1.54) is 16.7 Å². The number of nitrogens with zero attached hydrogens (tertiary/aromatic N) is 1. The molecular formula is C29H33NO3. The molecule has 5 rings (SSSR count). The molecule has 2 aromatic carbocycles. The summed E-state index contributed by atoms with van der Waals surface area (Å²) in [6.07, 6.45) is 9.26. The van der Waals surface area contributed by atoms with Crippen molar-refractivity contribution in [1.29, 1.82) is 0 Å². The lowest BCUT2D eigenvalue weighted by Gasteiger charge is -2.53. The number of fused-ring (bicyclic) bond motifs is 3. The lowest BCUT2D eigenvalue weighted by Crippen LogP contribution is -2.52. The maximum absolute atomic E-state index is 11.2. The van der Waals surface area contributed by atoms with Crippen molar-refractivity contribution in [3.63, 3.8) is 0 Å². The van der Waals surface area contributed by atoms with Gasteiger partial charge in [0.05, 0.1) is 12.2 Å². The van der Waals surface area contributed by atoms with Crippen LogP contribution in [0, 0.1) is 5.92 Å². The molecule has 0 unspecified atom stereocenters. The van der Waals surface area contributed by atoms with Gasteiger partial charge in [-0.15, -0.1) is 0 Å². The minimum atomic E-state index is -0.718. The third kappa shape index (κ3) is 4.55. The van der Waals surface area contributed by atoms with Crippen LogP contribution in [0.4, 0.5) is 0 Å². The highest BCUT2D eigenvalue weighted by molar-refractivity contribution is 5.45. The monoisotopic (exact) mass is 443 g/mol. The highest BCUT2D eigenvalue weighted by Gasteiger charge is 2.51. The quantitative estimate of drug-likeness (QED) is 0.541. The summed E-state index contributed by atoms with van der Waals surface area (Å²) in [7, 11) is 1.69. The fourth-order valence-electron chi connectivity index (χ4n) is 6.17. The van der Waals surface area contributed by atoms with Crippen LogP contribution in [0.2, 0.25) is 0 Å². The molecule has 0 radical (unpaired) electrons. The number of rotatable bonds is 7. The molecule has 3 aromatic rings. The topological polar surface area (TPSA) is 51.6 Å². The molecule has 0 amide bonds. The van der Waals surface area contributed by atoms with Crippen LogP contribution in [-0.4, -0.2) is 29.4 Å². The van der Waals surface area contributed by atoms with Gasteiger partial charge in [-0.3, -0.25) is 4.98 Å². The Labute approximate surface area is 196 Å². The Bertz CT molecular complexity index is 1070. The zero-order chi connectivity index (χ0) is 22.7. The van der Waals surface area contributed by atoms with E-state index in [1.54, 1.807) is 13.3 Å². The summed E-state index contributed by atoms with van der Waals surface area (Å²) in [5, 5.41) is 11.2. The number of aryl methyl sites for hydroxylation is 1. The van der Waals surface area contributed by atoms with Gasteiger partial charge in [-0.25, -0.2) is 0 Å². The van der Waals surface area contributed by atoms with Crippen LogP contribution in [0.15, 0.2) is 73.1 Å². The molecule has 1 aromatic heterocycles. The summed E-state index contributed by atoms with van der Waals surface area (Å²) in [6.45, 7) is 0.938. The summed E-state index contributed by atoms with van der Waals surface area (Å²) in [5.41, 5.74) is 4.59. The van der Waals surface area contributed by atoms with E-state index in [2.05, 4.69) is 53.5 Å². The van der Waals surface area contributed by atoms with Gasteiger partial charge in [-0.1, -0.05) is 42.5 Å². The molecule has 1 fully saturated rings. The first-order chi connectivity index (χ1) is 16.1. The molecule has 1 saturated carbocycles. The Hall–Kier alpha value is -2.69. The summed E-state index contributed by atoms with van der Waals surface area (Å²) in [5.74, 6) is 1.35. The highest BCUT2D eigenvalue weighted by atomic mass is 16.5. The fourth-order valence-corrected chi connectivity index (χ4v) is 6.17. The number of hydrogen-bond acceptors (Lipinski definition) is 4. The minimum absolute atomic E-state index is 0.0385. The molecule has 0 saturated heterocycles. The largest absolute Gasteiger partial charge is 0.489 e. The van der Waals surface area contributed by atoms with Crippen molar-refractivity contribution in [3.05, 3.63) is 95.3 Å². The molecular weight excluding hydrogens is 410 g/mol. The third-order valence-electron chi connectivity index (χ3n) is 7.72. The van der Waals surface area contributed by atoms with Crippen molar-refractivity contribution in [2.45, 2.75) is 56.1 Å². The Balaban J connectivity index is 1.45. The first kappa shape index (κ1) is 22.1. The van der Waals surface area contributed by atoms with E-state index in [9.17, 15) is 5.11 Å². The van der Waals surface area contributed by atoms with E-state index in [1.807, 2.05) is 18.3 Å². The molecule has 33 heavy (non-hydrogen) atoms. The maximum atomic E-state index is 11.2. The van der Waals surface area contributed by atoms with E-state index in [0.29, 0.717) is 19.1 Å². The summed E-state index contributed by atoms with van der Waals surface area (Å²) >= 11 is 0. The van der Waals surface area contributed by atoms with Gasteiger partial charge >= 0.3 is 0 Å². The molecule has 0 bridgehead atoms. The molecule has 2 aliphatic rings. The average molecular weight is 444 g/mol. The second-order valence-corrected chi connectivity index (χ2v) is 9.88. The van der Waals surface area contributed by atoms with E-state index < -0.39 is 5.60 Å². The first-order valence-electron chi connectivity index (χ1n) is 12.0. The molecule has 4 heteroatoms. The van der Waals surface area contributed by atoms with Gasteiger partial charge in [0.25, 0.3) is 0 Å². The number of methoxy groups -OCH3 is 1. The smallest absolute Gasteiger partial charge is 0.120 e. The molecule has 1 heterocycles. The van der Waals surface area contributed by atoms with Crippen molar-refractivity contribution in [2.24, 2.45) is 5.92 Å². The molecule has 1 N–H and O–H groups in total. The van der Waals surface area contributed by atoms with Gasteiger partial charge in [-0.2, -0.15) is 0 Å². The van der Waals surface area contributed by atoms with Crippen LogP contribution in [0.1, 0.15) is 47.9 Å². The van der Waals surface area contributed by atoms with Crippen LogP contribution >= 0.6 is 0 Å². The van der Waals surface area contributed by atoms with Crippen LogP contribution in [0.3, 0.4) is 0 Å². The fraction of sp³-hybridized carbons (Fsp3) is 0.414. The average Bonchev–Trinajstić information content (AvgIpc) is 2.84. The summed E-state index contributed by atoms with van der Waals surface area (Å²) < 4.78 is 11.5. The number of benzene rings is 2. The van der Waals surface area contributed by atoms with E-state index in [-0.39, 0.29) is 5.41 Å². The van der Waals surface area contributed by atoms with Crippen molar-refractivity contribution >= 4 is 0 Å². The van der Waals surface area contributed by atoms with Gasteiger partial charge in [0, 0.05) is 30.5 Å². The standard InChI is InChI=1S/C29H33NO3/c1-32-21-28(31)13-14-29(17-22-6-3-2-4-7-22)25(18-28)10-9-24-16-26(11-12-27(24)29)33-20-23-8-5-15-30-19-23/h2-8,11-12,15-16,19,25,31H,9-10,13-14,17-18,20-21H2,1H3/t25-,28-,29+/m1/s1. The normalized spacial score (nSPS) is 26.3. The number of ether oxygens (including phenoxy) is 2. The number of aromatic nitrogens is 1. The van der Waals surface area contributed by atoms with Crippen molar-refractivity contribution < 1.29 is 14.6 Å². The Morgan fingerprint density at radius 1 is 1.03 bits per heavy atom. The Morgan fingerprint density at radius 3 is 2.67 bits per heavy atom. The summed E-state index contributed by atoms with van der Waals surface area (Å²) in [4.78, 5) is 4.18. The van der Waals surface area contributed by atoms with E-state index in [0.717, 1.165) is 49.8 Å². The number of pyridine rings is 1. The van der Waals surface area contributed by atoms with Crippen LogP contribution in [0.25, 0.3) is 0 Å². The number of aliphatic hydroxyl groups is 1. The lowest BCUT2D eigenvalue weighted by molar-refractivity contribution is -0.0919. The number of hydrogen-bond donors (Lipinski definition) is 1. The molecule has 4 nitrogen and oxygen atoms in total. The van der Waals surface area contributed by atoms with Gasteiger partial charge in [0.2, 0.25) is 0 Å². The van der Waals surface area contributed by atoms with Crippen molar-refractivity contribution in [3.8, 4) is 5.75 Å². The SMILES string of the molecule is COC[C@@]1(O)CC[C@@]2(Cc3ccccc3)c3ccc(OCc4cccnc4)cc3CC[C@@H]2C1. The van der Waals surface area contributed by atoms with E-state index in [4.69, 9.17) is 9.47 Å². The maximum Gasteiger partial charge on any atom is 0.120 e. The zero-order valence-corrected chi connectivity index (χ0v) is 19.4.